The van der Waals surface area contributed by atoms with Crippen LogP contribution >= 0.6 is 0 Å². The van der Waals surface area contributed by atoms with E-state index in [2.05, 4.69) is 19.2 Å². The van der Waals surface area contributed by atoms with Crippen molar-refractivity contribution in [1.82, 2.24) is 5.32 Å². The van der Waals surface area contributed by atoms with Gasteiger partial charge in [0.2, 0.25) is 0 Å². The lowest BCUT2D eigenvalue weighted by Crippen LogP contribution is -2.40. The molecule has 0 fully saturated rings. The van der Waals surface area contributed by atoms with Crippen LogP contribution in [0.3, 0.4) is 0 Å². The number of nitro groups is 1. The van der Waals surface area contributed by atoms with E-state index >= 15 is 0 Å². The maximum Gasteiger partial charge on any atom is 0.269 e. The highest BCUT2D eigenvalue weighted by Gasteiger charge is 2.23. The lowest BCUT2D eigenvalue weighted by atomic mass is 9.93. The summed E-state index contributed by atoms with van der Waals surface area (Å²) in [5.74, 6) is 0.416. The second-order valence-corrected chi connectivity index (χ2v) is 6.29. The fourth-order valence-corrected chi connectivity index (χ4v) is 2.65. The highest BCUT2D eigenvalue weighted by molar-refractivity contribution is 5.35. The molecule has 2 atom stereocenters. The quantitative estimate of drug-likeness (QED) is 0.569. The Morgan fingerprint density at radius 2 is 2.10 bits per heavy atom. The van der Waals surface area contributed by atoms with Crippen molar-refractivity contribution in [2.45, 2.75) is 52.2 Å². The molecule has 2 N–H and O–H groups in total. The molecule has 0 radical (unpaired) electrons. The SMILES string of the molecule is CCC(NCC(C)(O)CC(C)C)c1cccc([N+](=O)[O-])c1. The topological polar surface area (TPSA) is 75.4 Å². The molecule has 0 saturated carbocycles. The maximum atomic E-state index is 10.8. The summed E-state index contributed by atoms with van der Waals surface area (Å²) in [6, 6.07) is 6.67. The first-order valence-electron chi connectivity index (χ1n) is 7.45. The first kappa shape index (κ1) is 17.6. The van der Waals surface area contributed by atoms with E-state index in [4.69, 9.17) is 0 Å². The molecule has 21 heavy (non-hydrogen) atoms. The van der Waals surface area contributed by atoms with Crippen molar-refractivity contribution in [2.24, 2.45) is 5.92 Å². The van der Waals surface area contributed by atoms with Gasteiger partial charge in [0, 0.05) is 24.7 Å². The van der Waals surface area contributed by atoms with Crippen molar-refractivity contribution in [3.8, 4) is 0 Å². The summed E-state index contributed by atoms with van der Waals surface area (Å²) in [5, 5.41) is 24.5. The van der Waals surface area contributed by atoms with Crippen LogP contribution in [0, 0.1) is 16.0 Å². The Hall–Kier alpha value is -1.46. The van der Waals surface area contributed by atoms with Crippen LogP contribution in [0.4, 0.5) is 5.69 Å². The third-order valence-electron chi connectivity index (χ3n) is 3.47. The number of hydrogen-bond acceptors (Lipinski definition) is 4. The summed E-state index contributed by atoms with van der Waals surface area (Å²) >= 11 is 0. The average molecular weight is 294 g/mol. The summed E-state index contributed by atoms with van der Waals surface area (Å²) < 4.78 is 0. The van der Waals surface area contributed by atoms with Gasteiger partial charge in [-0.1, -0.05) is 32.9 Å². The van der Waals surface area contributed by atoms with Crippen molar-refractivity contribution in [3.05, 3.63) is 39.9 Å². The van der Waals surface area contributed by atoms with Crippen molar-refractivity contribution in [2.75, 3.05) is 6.54 Å². The number of rotatable bonds is 8. The predicted molar refractivity (Wildman–Crippen MR) is 84.2 cm³/mol. The molecule has 2 unspecified atom stereocenters. The minimum atomic E-state index is -0.775. The molecule has 0 aliphatic carbocycles. The summed E-state index contributed by atoms with van der Waals surface area (Å²) in [6.07, 6.45) is 1.52. The Morgan fingerprint density at radius 1 is 1.43 bits per heavy atom. The zero-order valence-electron chi connectivity index (χ0n) is 13.3. The van der Waals surface area contributed by atoms with E-state index in [0.29, 0.717) is 18.9 Å². The molecule has 1 aromatic carbocycles. The van der Waals surface area contributed by atoms with Crippen molar-refractivity contribution in [1.29, 1.82) is 0 Å². The molecule has 0 heterocycles. The van der Waals surface area contributed by atoms with Gasteiger partial charge in [-0.15, -0.1) is 0 Å². The Balaban J connectivity index is 2.75. The second-order valence-electron chi connectivity index (χ2n) is 6.29. The summed E-state index contributed by atoms with van der Waals surface area (Å²) in [6.45, 7) is 8.46. The Morgan fingerprint density at radius 3 is 2.62 bits per heavy atom. The van der Waals surface area contributed by atoms with Crippen LogP contribution in [-0.4, -0.2) is 22.2 Å². The molecule has 118 valence electrons. The largest absolute Gasteiger partial charge is 0.389 e. The van der Waals surface area contributed by atoms with Crippen LogP contribution in [0.1, 0.15) is 52.1 Å². The van der Waals surface area contributed by atoms with Crippen LogP contribution in [0.5, 0.6) is 0 Å². The van der Waals surface area contributed by atoms with Gasteiger partial charge in [-0.3, -0.25) is 10.1 Å². The van der Waals surface area contributed by atoms with Crippen LogP contribution < -0.4 is 5.32 Å². The van der Waals surface area contributed by atoms with Gasteiger partial charge in [0.05, 0.1) is 10.5 Å². The summed E-state index contributed by atoms with van der Waals surface area (Å²) in [5.41, 5.74) is 0.205. The number of aliphatic hydroxyl groups is 1. The fraction of sp³-hybridized carbons (Fsp3) is 0.625. The molecule has 0 bridgehead atoms. The first-order chi connectivity index (χ1) is 9.75. The van der Waals surface area contributed by atoms with Crippen LogP contribution in [-0.2, 0) is 0 Å². The minimum Gasteiger partial charge on any atom is -0.389 e. The Labute approximate surface area is 126 Å². The highest BCUT2D eigenvalue weighted by Crippen LogP contribution is 2.23. The molecule has 5 heteroatoms. The third kappa shape index (κ3) is 5.81. The molecule has 0 saturated heterocycles. The maximum absolute atomic E-state index is 10.8. The molecule has 5 nitrogen and oxygen atoms in total. The Bertz CT molecular complexity index is 472. The molecular weight excluding hydrogens is 268 g/mol. The lowest BCUT2D eigenvalue weighted by Gasteiger charge is -2.28. The number of hydrogen-bond donors (Lipinski definition) is 2. The molecule has 0 aliphatic heterocycles. The van der Waals surface area contributed by atoms with Gasteiger partial charge in [-0.25, -0.2) is 0 Å². The van der Waals surface area contributed by atoms with E-state index in [1.54, 1.807) is 12.1 Å². The predicted octanol–water partition coefficient (Wildman–Crippen LogP) is 3.43. The fourth-order valence-electron chi connectivity index (χ4n) is 2.65. The molecule has 0 aliphatic rings. The number of benzene rings is 1. The average Bonchev–Trinajstić information content (AvgIpc) is 2.38. The third-order valence-corrected chi connectivity index (χ3v) is 3.47. The molecule has 0 amide bonds. The zero-order chi connectivity index (χ0) is 16.0. The standard InChI is InChI=1S/C16H26N2O3/c1-5-15(17-11-16(4,19)10-12(2)3)13-7-6-8-14(9-13)18(20)21/h6-9,12,15,17,19H,5,10-11H2,1-4H3. The van der Waals surface area contributed by atoms with E-state index in [9.17, 15) is 15.2 Å². The molecule has 0 spiro atoms. The number of non-ortho nitro benzene ring substituents is 1. The Kier molecular flexibility index (Phi) is 6.30. The zero-order valence-corrected chi connectivity index (χ0v) is 13.3. The smallest absolute Gasteiger partial charge is 0.269 e. The van der Waals surface area contributed by atoms with E-state index in [0.717, 1.165) is 12.0 Å². The van der Waals surface area contributed by atoms with Crippen LogP contribution in [0.25, 0.3) is 0 Å². The van der Waals surface area contributed by atoms with Crippen molar-refractivity contribution >= 4 is 5.69 Å². The van der Waals surface area contributed by atoms with Gasteiger partial charge < -0.3 is 10.4 Å². The summed E-state index contributed by atoms with van der Waals surface area (Å²) in [4.78, 5) is 10.5. The van der Waals surface area contributed by atoms with E-state index in [1.807, 2.05) is 19.9 Å². The van der Waals surface area contributed by atoms with Gasteiger partial charge in [-0.05, 0) is 31.2 Å². The first-order valence-corrected chi connectivity index (χ1v) is 7.45. The minimum absolute atomic E-state index is 0.00328. The van der Waals surface area contributed by atoms with Crippen molar-refractivity contribution < 1.29 is 10.0 Å². The number of nitrogens with zero attached hydrogens (tertiary/aromatic N) is 1. The second kappa shape index (κ2) is 7.52. The molecule has 1 aromatic rings. The van der Waals surface area contributed by atoms with E-state index < -0.39 is 5.60 Å². The highest BCUT2D eigenvalue weighted by atomic mass is 16.6. The van der Waals surface area contributed by atoms with Gasteiger partial charge in [0.15, 0.2) is 0 Å². The number of nitro benzene ring substituents is 1. The van der Waals surface area contributed by atoms with E-state index in [-0.39, 0.29) is 16.7 Å². The summed E-state index contributed by atoms with van der Waals surface area (Å²) in [7, 11) is 0. The van der Waals surface area contributed by atoms with Gasteiger partial charge in [0.25, 0.3) is 5.69 Å². The monoisotopic (exact) mass is 294 g/mol. The normalized spacial score (nSPS) is 15.7. The van der Waals surface area contributed by atoms with Gasteiger partial charge in [-0.2, -0.15) is 0 Å². The number of nitrogens with one attached hydrogen (secondary N) is 1. The molecule has 1 rings (SSSR count). The van der Waals surface area contributed by atoms with Gasteiger partial charge >= 0.3 is 0 Å². The van der Waals surface area contributed by atoms with Crippen LogP contribution in [0.15, 0.2) is 24.3 Å². The van der Waals surface area contributed by atoms with Crippen LogP contribution in [0.2, 0.25) is 0 Å². The van der Waals surface area contributed by atoms with Gasteiger partial charge in [0.1, 0.15) is 0 Å². The molecular formula is C16H26N2O3. The van der Waals surface area contributed by atoms with Crippen molar-refractivity contribution in [3.63, 3.8) is 0 Å². The molecule has 0 aromatic heterocycles. The lowest BCUT2D eigenvalue weighted by molar-refractivity contribution is -0.384. The van der Waals surface area contributed by atoms with E-state index in [1.165, 1.54) is 6.07 Å².